The van der Waals surface area contributed by atoms with E-state index in [1.807, 2.05) is 6.92 Å². The predicted molar refractivity (Wildman–Crippen MR) is 75.5 cm³/mol. The summed E-state index contributed by atoms with van der Waals surface area (Å²) in [4.78, 5) is 4.11. The van der Waals surface area contributed by atoms with Crippen LogP contribution in [0.4, 0.5) is 19.0 Å². The van der Waals surface area contributed by atoms with E-state index in [9.17, 15) is 13.2 Å². The third-order valence-corrected chi connectivity index (χ3v) is 3.63. The minimum absolute atomic E-state index is 0.0512. The number of anilines is 1. The van der Waals surface area contributed by atoms with E-state index in [4.69, 9.17) is 4.74 Å². The van der Waals surface area contributed by atoms with Gasteiger partial charge in [0.15, 0.2) is 0 Å². The average Bonchev–Trinajstić information content (AvgIpc) is 2.95. The highest BCUT2D eigenvalue weighted by atomic mass is 19.4. The molecule has 21 heavy (non-hydrogen) atoms. The van der Waals surface area contributed by atoms with Crippen molar-refractivity contribution in [2.75, 3.05) is 18.5 Å². The Balaban J connectivity index is 2.09. The average molecular weight is 302 g/mol. The molecule has 1 aliphatic carbocycles. The summed E-state index contributed by atoms with van der Waals surface area (Å²) in [5, 5.41) is 2.88. The number of hydrogen-bond donors (Lipinski definition) is 1. The van der Waals surface area contributed by atoms with Crippen LogP contribution in [-0.2, 0) is 6.18 Å². The maximum absolute atomic E-state index is 12.9. The number of ether oxygens (including phenoxy) is 1. The van der Waals surface area contributed by atoms with E-state index in [-0.39, 0.29) is 11.7 Å². The van der Waals surface area contributed by atoms with Crippen molar-refractivity contribution in [3.05, 3.63) is 17.7 Å². The summed E-state index contributed by atoms with van der Waals surface area (Å²) in [6, 6.07) is 2.00. The van der Waals surface area contributed by atoms with E-state index < -0.39 is 11.7 Å². The smallest absolute Gasteiger partial charge is 0.416 e. The number of nitrogens with zero attached hydrogens (tertiary/aromatic N) is 1. The number of aromatic nitrogens is 1. The molecule has 1 N–H and O–H groups in total. The van der Waals surface area contributed by atoms with Gasteiger partial charge in [-0.1, -0.05) is 19.8 Å². The molecule has 0 aromatic carbocycles. The molecule has 1 aromatic rings. The molecule has 1 aliphatic rings. The number of alkyl halides is 3. The lowest BCUT2D eigenvalue weighted by atomic mass is 10.1. The SMILES string of the molecule is CCCNc1cc(C(F)(F)F)cc(OCC2CCCC2)n1. The molecular weight excluding hydrogens is 281 g/mol. The van der Waals surface area contributed by atoms with Crippen molar-refractivity contribution < 1.29 is 17.9 Å². The lowest BCUT2D eigenvalue weighted by Crippen LogP contribution is -2.13. The molecule has 3 nitrogen and oxygen atoms in total. The summed E-state index contributed by atoms with van der Waals surface area (Å²) in [6.07, 6.45) is 0.938. The van der Waals surface area contributed by atoms with Gasteiger partial charge in [0.25, 0.3) is 0 Å². The van der Waals surface area contributed by atoms with Gasteiger partial charge in [-0.2, -0.15) is 18.2 Å². The van der Waals surface area contributed by atoms with Gasteiger partial charge < -0.3 is 10.1 Å². The first-order valence-corrected chi connectivity index (χ1v) is 7.45. The Labute approximate surface area is 122 Å². The van der Waals surface area contributed by atoms with E-state index in [0.29, 0.717) is 19.1 Å². The zero-order valence-corrected chi connectivity index (χ0v) is 12.2. The van der Waals surface area contributed by atoms with E-state index in [0.717, 1.165) is 31.4 Å². The zero-order valence-electron chi connectivity index (χ0n) is 12.2. The lowest BCUT2D eigenvalue weighted by Gasteiger charge is -2.15. The highest BCUT2D eigenvalue weighted by molar-refractivity contribution is 5.42. The first kappa shape index (κ1) is 15.9. The Bertz CT molecular complexity index is 457. The highest BCUT2D eigenvalue weighted by Gasteiger charge is 2.32. The molecule has 1 saturated carbocycles. The molecule has 6 heteroatoms. The summed E-state index contributed by atoms with van der Waals surface area (Å²) >= 11 is 0. The molecule has 0 bridgehead atoms. The van der Waals surface area contributed by atoms with Gasteiger partial charge in [-0.25, -0.2) is 0 Å². The maximum atomic E-state index is 12.9. The van der Waals surface area contributed by atoms with Crippen LogP contribution in [0.5, 0.6) is 5.88 Å². The van der Waals surface area contributed by atoms with Gasteiger partial charge in [-0.15, -0.1) is 0 Å². The second-order valence-corrected chi connectivity index (χ2v) is 5.47. The maximum Gasteiger partial charge on any atom is 0.416 e. The van der Waals surface area contributed by atoms with Gasteiger partial charge in [-0.3, -0.25) is 0 Å². The fourth-order valence-electron chi connectivity index (χ4n) is 2.47. The van der Waals surface area contributed by atoms with Crippen LogP contribution in [-0.4, -0.2) is 18.1 Å². The first-order chi connectivity index (χ1) is 9.99. The third kappa shape index (κ3) is 4.79. The lowest BCUT2D eigenvalue weighted by molar-refractivity contribution is -0.137. The summed E-state index contributed by atoms with van der Waals surface area (Å²) in [6.45, 7) is 2.97. The third-order valence-electron chi connectivity index (χ3n) is 3.63. The molecule has 1 fully saturated rings. The van der Waals surface area contributed by atoms with Gasteiger partial charge in [-0.05, 0) is 31.2 Å². The van der Waals surface area contributed by atoms with Crippen molar-refractivity contribution in [2.45, 2.75) is 45.2 Å². The Morgan fingerprint density at radius 1 is 1.29 bits per heavy atom. The van der Waals surface area contributed by atoms with Gasteiger partial charge in [0, 0.05) is 12.6 Å². The fourth-order valence-corrected chi connectivity index (χ4v) is 2.47. The van der Waals surface area contributed by atoms with Crippen LogP contribution in [0.1, 0.15) is 44.6 Å². The number of nitrogens with one attached hydrogen (secondary N) is 1. The van der Waals surface area contributed by atoms with Crippen molar-refractivity contribution >= 4 is 5.82 Å². The summed E-state index contributed by atoms with van der Waals surface area (Å²) in [5.41, 5.74) is -0.725. The van der Waals surface area contributed by atoms with Gasteiger partial charge in [0.1, 0.15) is 5.82 Å². The summed E-state index contributed by atoms with van der Waals surface area (Å²) in [7, 11) is 0. The molecule has 0 radical (unpaired) electrons. The number of pyridine rings is 1. The minimum Gasteiger partial charge on any atom is -0.477 e. The van der Waals surface area contributed by atoms with Crippen molar-refractivity contribution in [2.24, 2.45) is 5.92 Å². The van der Waals surface area contributed by atoms with Crippen LogP contribution >= 0.6 is 0 Å². The van der Waals surface area contributed by atoms with E-state index in [1.165, 1.54) is 12.8 Å². The standard InChI is InChI=1S/C15H21F3N2O/c1-2-7-19-13-8-12(15(16,17)18)9-14(20-13)21-10-11-5-3-4-6-11/h8-9,11H,2-7,10H2,1H3,(H,19,20). The second-order valence-electron chi connectivity index (χ2n) is 5.47. The molecule has 0 spiro atoms. The topological polar surface area (TPSA) is 34.1 Å². The molecule has 0 saturated heterocycles. The summed E-state index contributed by atoms with van der Waals surface area (Å²) < 4.78 is 44.2. The first-order valence-electron chi connectivity index (χ1n) is 7.45. The van der Waals surface area contributed by atoms with Crippen molar-refractivity contribution in [3.8, 4) is 5.88 Å². The minimum atomic E-state index is -4.39. The quantitative estimate of drug-likeness (QED) is 0.840. The second kappa shape index (κ2) is 7.00. The Morgan fingerprint density at radius 2 is 2.00 bits per heavy atom. The van der Waals surface area contributed by atoms with Gasteiger partial charge in [0.2, 0.25) is 5.88 Å². The van der Waals surface area contributed by atoms with Crippen molar-refractivity contribution in [3.63, 3.8) is 0 Å². The van der Waals surface area contributed by atoms with E-state index >= 15 is 0 Å². The van der Waals surface area contributed by atoms with Crippen LogP contribution < -0.4 is 10.1 Å². The van der Waals surface area contributed by atoms with Crippen LogP contribution in [0.25, 0.3) is 0 Å². The van der Waals surface area contributed by atoms with Crippen LogP contribution in [0.3, 0.4) is 0 Å². The van der Waals surface area contributed by atoms with Crippen LogP contribution in [0.15, 0.2) is 12.1 Å². The molecule has 118 valence electrons. The number of rotatable bonds is 6. The normalized spacial score (nSPS) is 16.2. The number of halogens is 3. The molecule has 0 amide bonds. The molecule has 0 atom stereocenters. The van der Waals surface area contributed by atoms with Crippen LogP contribution in [0, 0.1) is 5.92 Å². The molecule has 0 unspecified atom stereocenters. The van der Waals surface area contributed by atoms with Crippen LogP contribution in [0.2, 0.25) is 0 Å². The Hall–Kier alpha value is -1.46. The number of hydrogen-bond acceptors (Lipinski definition) is 3. The molecule has 0 aliphatic heterocycles. The Morgan fingerprint density at radius 3 is 2.62 bits per heavy atom. The Kier molecular flexibility index (Phi) is 5.31. The zero-order chi connectivity index (χ0) is 15.3. The van der Waals surface area contributed by atoms with Gasteiger partial charge >= 0.3 is 6.18 Å². The highest BCUT2D eigenvalue weighted by Crippen LogP contribution is 2.33. The summed E-state index contributed by atoms with van der Waals surface area (Å²) in [5.74, 6) is 0.705. The molecular formula is C15H21F3N2O. The van der Waals surface area contributed by atoms with Gasteiger partial charge in [0.05, 0.1) is 12.2 Å². The van der Waals surface area contributed by atoms with Crippen molar-refractivity contribution in [1.29, 1.82) is 0 Å². The van der Waals surface area contributed by atoms with E-state index in [2.05, 4.69) is 10.3 Å². The van der Waals surface area contributed by atoms with E-state index in [1.54, 1.807) is 0 Å². The predicted octanol–water partition coefficient (Wildman–Crippen LogP) is 4.49. The van der Waals surface area contributed by atoms with Crippen molar-refractivity contribution in [1.82, 2.24) is 4.98 Å². The molecule has 1 aromatic heterocycles. The molecule has 2 rings (SSSR count). The molecule has 1 heterocycles. The largest absolute Gasteiger partial charge is 0.477 e. The monoisotopic (exact) mass is 302 g/mol. The fraction of sp³-hybridized carbons (Fsp3) is 0.667.